The van der Waals surface area contributed by atoms with Crippen LogP contribution in [-0.4, -0.2) is 18.4 Å². The summed E-state index contributed by atoms with van der Waals surface area (Å²) in [6.07, 6.45) is 0. The molecule has 1 atom stereocenters. The average molecular weight is 217 g/mol. The average Bonchev–Trinajstić information content (AvgIpc) is 2.56. The summed E-state index contributed by atoms with van der Waals surface area (Å²) in [5.41, 5.74) is 3.36. The monoisotopic (exact) mass is 217 g/mol. The highest BCUT2D eigenvalue weighted by molar-refractivity contribution is 6.01. The van der Waals surface area contributed by atoms with Gasteiger partial charge in [0.1, 0.15) is 0 Å². The Kier molecular flexibility index (Phi) is 2.75. The minimum Gasteiger partial charge on any atom is -0.368 e. The Hall–Kier alpha value is -1.31. The van der Waals surface area contributed by atoms with Gasteiger partial charge >= 0.3 is 0 Å². The number of ketones is 1. The number of hydrogen-bond acceptors (Lipinski definition) is 2. The van der Waals surface area contributed by atoms with Gasteiger partial charge in [-0.1, -0.05) is 19.1 Å². The van der Waals surface area contributed by atoms with Crippen LogP contribution in [0.1, 0.15) is 49.5 Å². The van der Waals surface area contributed by atoms with Gasteiger partial charge < -0.3 is 4.90 Å². The van der Waals surface area contributed by atoms with Crippen molar-refractivity contribution in [2.24, 2.45) is 0 Å². The van der Waals surface area contributed by atoms with E-state index in [1.807, 2.05) is 12.1 Å². The van der Waals surface area contributed by atoms with Crippen molar-refractivity contribution in [2.75, 3.05) is 11.4 Å². The van der Waals surface area contributed by atoms with Gasteiger partial charge in [0, 0.05) is 24.1 Å². The number of carbonyl (C=O) groups is 1. The van der Waals surface area contributed by atoms with Crippen molar-refractivity contribution in [1.82, 2.24) is 0 Å². The number of rotatable bonds is 2. The topological polar surface area (TPSA) is 20.3 Å². The Morgan fingerprint density at radius 1 is 1.44 bits per heavy atom. The largest absolute Gasteiger partial charge is 0.368 e. The molecule has 1 aromatic carbocycles. The lowest BCUT2D eigenvalue weighted by Gasteiger charge is -2.25. The number of benzene rings is 1. The van der Waals surface area contributed by atoms with Gasteiger partial charge in [-0.15, -0.1) is 0 Å². The molecule has 0 bridgehead atoms. The molecule has 0 radical (unpaired) electrons. The summed E-state index contributed by atoms with van der Waals surface area (Å²) in [4.78, 5) is 14.0. The van der Waals surface area contributed by atoms with Gasteiger partial charge in [0.15, 0.2) is 5.78 Å². The Bertz CT molecular complexity index is 423. The molecule has 0 saturated heterocycles. The molecular weight excluding hydrogens is 198 g/mol. The Morgan fingerprint density at radius 2 is 2.12 bits per heavy atom. The van der Waals surface area contributed by atoms with Crippen molar-refractivity contribution in [1.29, 1.82) is 0 Å². The minimum atomic E-state index is 0.164. The third kappa shape index (κ3) is 1.62. The van der Waals surface area contributed by atoms with Gasteiger partial charge in [-0.25, -0.2) is 0 Å². The number of hydrogen-bond donors (Lipinski definition) is 0. The highest BCUT2D eigenvalue weighted by atomic mass is 16.1. The molecule has 2 nitrogen and oxygen atoms in total. The van der Waals surface area contributed by atoms with Crippen LogP contribution in [0.5, 0.6) is 0 Å². The van der Waals surface area contributed by atoms with Crippen molar-refractivity contribution in [3.05, 3.63) is 29.3 Å². The van der Waals surface area contributed by atoms with Crippen molar-refractivity contribution < 1.29 is 4.79 Å². The molecule has 0 saturated carbocycles. The number of carbonyl (C=O) groups excluding carboxylic acids is 1. The minimum absolute atomic E-state index is 0.164. The maximum absolute atomic E-state index is 11.7. The van der Waals surface area contributed by atoms with Crippen LogP contribution in [0.25, 0.3) is 0 Å². The Labute approximate surface area is 97.3 Å². The quantitative estimate of drug-likeness (QED) is 0.709. The fourth-order valence-electron chi connectivity index (χ4n) is 2.52. The molecule has 0 aliphatic carbocycles. The van der Waals surface area contributed by atoms with Crippen molar-refractivity contribution in [3.8, 4) is 0 Å². The van der Waals surface area contributed by atoms with Gasteiger partial charge in [-0.05, 0) is 32.4 Å². The van der Waals surface area contributed by atoms with E-state index in [0.29, 0.717) is 12.0 Å². The number of nitrogens with zero attached hydrogens (tertiary/aromatic N) is 1. The summed E-state index contributed by atoms with van der Waals surface area (Å²) in [6.45, 7) is 9.26. The van der Waals surface area contributed by atoms with E-state index in [-0.39, 0.29) is 5.78 Å². The summed E-state index contributed by atoms with van der Waals surface area (Å²) in [7, 11) is 0. The van der Waals surface area contributed by atoms with Crippen LogP contribution in [0.3, 0.4) is 0 Å². The number of para-hydroxylation sites is 1. The van der Waals surface area contributed by atoms with Gasteiger partial charge in [0.05, 0.1) is 5.69 Å². The van der Waals surface area contributed by atoms with Crippen LogP contribution in [-0.2, 0) is 0 Å². The van der Waals surface area contributed by atoms with E-state index in [0.717, 1.165) is 17.8 Å². The molecule has 2 heteroatoms. The molecule has 2 rings (SSSR count). The molecule has 0 amide bonds. The first-order valence-electron chi connectivity index (χ1n) is 5.93. The molecule has 0 fully saturated rings. The lowest BCUT2D eigenvalue weighted by molar-refractivity contribution is 0.101. The van der Waals surface area contributed by atoms with Crippen molar-refractivity contribution in [2.45, 2.75) is 39.7 Å². The summed E-state index contributed by atoms with van der Waals surface area (Å²) >= 11 is 0. The molecular formula is C14H19NO. The predicted octanol–water partition coefficient (Wildman–Crippen LogP) is 3.22. The first kappa shape index (κ1) is 11.2. The maximum Gasteiger partial charge on any atom is 0.161 e. The third-order valence-electron chi connectivity index (χ3n) is 3.36. The zero-order chi connectivity index (χ0) is 11.9. The second-order valence-corrected chi connectivity index (χ2v) is 4.95. The van der Waals surface area contributed by atoms with E-state index in [2.05, 4.69) is 31.7 Å². The van der Waals surface area contributed by atoms with E-state index in [1.165, 1.54) is 5.56 Å². The number of anilines is 1. The molecule has 0 aromatic heterocycles. The SMILES string of the molecule is CC(=O)c1cccc2c1N(C(C)C)CC2C. The molecule has 16 heavy (non-hydrogen) atoms. The molecule has 0 spiro atoms. The Morgan fingerprint density at radius 3 is 2.69 bits per heavy atom. The summed E-state index contributed by atoms with van der Waals surface area (Å²) in [5, 5.41) is 0. The van der Waals surface area contributed by atoms with Gasteiger partial charge in [-0.3, -0.25) is 4.79 Å². The van der Waals surface area contributed by atoms with E-state index >= 15 is 0 Å². The fourth-order valence-corrected chi connectivity index (χ4v) is 2.52. The van der Waals surface area contributed by atoms with E-state index < -0.39 is 0 Å². The van der Waals surface area contributed by atoms with Crippen molar-refractivity contribution >= 4 is 11.5 Å². The second-order valence-electron chi connectivity index (χ2n) is 4.95. The highest BCUT2D eigenvalue weighted by Gasteiger charge is 2.30. The maximum atomic E-state index is 11.7. The van der Waals surface area contributed by atoms with Gasteiger partial charge in [0.2, 0.25) is 0 Å². The second kappa shape index (κ2) is 3.93. The Balaban J connectivity index is 2.58. The molecule has 86 valence electrons. The lowest BCUT2D eigenvalue weighted by atomic mass is 9.99. The van der Waals surface area contributed by atoms with E-state index in [1.54, 1.807) is 6.92 Å². The van der Waals surface area contributed by atoms with Crippen LogP contribution >= 0.6 is 0 Å². The van der Waals surface area contributed by atoms with Gasteiger partial charge in [0.25, 0.3) is 0 Å². The van der Waals surface area contributed by atoms with Crippen LogP contribution in [0.2, 0.25) is 0 Å². The standard InChI is InChI=1S/C14H19NO/c1-9(2)15-8-10(3)12-6-5-7-13(11(4)16)14(12)15/h5-7,9-10H,8H2,1-4H3. The highest BCUT2D eigenvalue weighted by Crippen LogP contribution is 2.39. The molecule has 1 heterocycles. The summed E-state index contributed by atoms with van der Waals surface area (Å²) in [6, 6.07) is 6.53. The summed E-state index contributed by atoms with van der Waals surface area (Å²) in [5.74, 6) is 0.688. The first-order valence-corrected chi connectivity index (χ1v) is 5.93. The van der Waals surface area contributed by atoms with Gasteiger partial charge in [-0.2, -0.15) is 0 Å². The number of Topliss-reactive ketones (excluding diaryl/α,β-unsaturated/α-hetero) is 1. The molecule has 1 aliphatic heterocycles. The molecule has 1 aromatic rings. The summed E-state index contributed by atoms with van der Waals surface area (Å²) < 4.78 is 0. The van der Waals surface area contributed by atoms with Crippen LogP contribution in [0, 0.1) is 0 Å². The first-order chi connectivity index (χ1) is 7.52. The van der Waals surface area contributed by atoms with Crippen LogP contribution < -0.4 is 4.90 Å². The molecule has 0 N–H and O–H groups in total. The van der Waals surface area contributed by atoms with E-state index in [4.69, 9.17) is 0 Å². The third-order valence-corrected chi connectivity index (χ3v) is 3.36. The number of fused-ring (bicyclic) bond motifs is 1. The van der Waals surface area contributed by atoms with Crippen LogP contribution in [0.4, 0.5) is 5.69 Å². The van der Waals surface area contributed by atoms with Crippen molar-refractivity contribution in [3.63, 3.8) is 0 Å². The molecule has 1 aliphatic rings. The lowest BCUT2D eigenvalue weighted by Crippen LogP contribution is -2.30. The smallest absolute Gasteiger partial charge is 0.161 e. The zero-order valence-electron chi connectivity index (χ0n) is 10.4. The van der Waals surface area contributed by atoms with Crippen LogP contribution in [0.15, 0.2) is 18.2 Å². The fraction of sp³-hybridized carbons (Fsp3) is 0.500. The van der Waals surface area contributed by atoms with E-state index in [9.17, 15) is 4.79 Å². The normalized spacial score (nSPS) is 19.1. The predicted molar refractivity (Wildman–Crippen MR) is 67.3 cm³/mol. The molecule has 1 unspecified atom stereocenters. The zero-order valence-corrected chi connectivity index (χ0v) is 10.4.